The van der Waals surface area contributed by atoms with E-state index in [0.717, 1.165) is 18.7 Å². The summed E-state index contributed by atoms with van der Waals surface area (Å²) in [6.07, 6.45) is 5.83. The van der Waals surface area contributed by atoms with Gasteiger partial charge in [-0.1, -0.05) is 0 Å². The molecule has 0 aliphatic rings. The van der Waals surface area contributed by atoms with Crippen molar-refractivity contribution >= 4 is 5.91 Å². The molecule has 0 saturated carbocycles. The van der Waals surface area contributed by atoms with Crippen molar-refractivity contribution in [2.45, 2.75) is 38.8 Å². The highest BCUT2D eigenvalue weighted by Crippen LogP contribution is 1.99. The summed E-state index contributed by atoms with van der Waals surface area (Å²) in [5, 5.41) is 2.84. The molecule has 0 spiro atoms. The minimum atomic E-state index is 0.0589. The molecule has 0 aromatic carbocycles. The predicted molar refractivity (Wildman–Crippen MR) is 62.6 cm³/mol. The van der Waals surface area contributed by atoms with Crippen LogP contribution in [0.15, 0.2) is 12.4 Å². The SMILES string of the molecule is CC(N)CCCC(=O)NCc1nccn1C. The molecule has 3 N–H and O–H groups in total. The lowest BCUT2D eigenvalue weighted by Gasteiger charge is -2.06. The van der Waals surface area contributed by atoms with Gasteiger partial charge in [0, 0.05) is 31.9 Å². The molecule has 1 amide bonds. The van der Waals surface area contributed by atoms with E-state index in [-0.39, 0.29) is 11.9 Å². The molecule has 0 aliphatic carbocycles. The Kier molecular flexibility index (Phi) is 4.98. The molecule has 1 atom stereocenters. The largest absolute Gasteiger partial charge is 0.349 e. The zero-order chi connectivity index (χ0) is 12.0. The number of aryl methyl sites for hydroxylation is 1. The molecule has 0 aliphatic heterocycles. The monoisotopic (exact) mass is 224 g/mol. The van der Waals surface area contributed by atoms with E-state index in [1.54, 1.807) is 6.20 Å². The number of rotatable bonds is 6. The van der Waals surface area contributed by atoms with Crippen LogP contribution in [-0.2, 0) is 18.4 Å². The van der Waals surface area contributed by atoms with Crippen molar-refractivity contribution in [3.05, 3.63) is 18.2 Å². The van der Waals surface area contributed by atoms with Crippen LogP contribution in [0, 0.1) is 0 Å². The second kappa shape index (κ2) is 6.27. The Balaban J connectivity index is 2.18. The number of nitrogens with one attached hydrogen (secondary N) is 1. The summed E-state index contributed by atoms with van der Waals surface area (Å²) >= 11 is 0. The first-order chi connectivity index (χ1) is 7.59. The van der Waals surface area contributed by atoms with E-state index in [4.69, 9.17) is 5.73 Å². The Hall–Kier alpha value is -1.36. The Morgan fingerprint density at radius 2 is 2.44 bits per heavy atom. The van der Waals surface area contributed by atoms with Crippen molar-refractivity contribution in [1.29, 1.82) is 0 Å². The Labute approximate surface area is 96.0 Å². The fourth-order valence-corrected chi connectivity index (χ4v) is 1.42. The summed E-state index contributed by atoms with van der Waals surface area (Å²) in [7, 11) is 1.91. The molecule has 0 bridgehead atoms. The molecule has 0 fully saturated rings. The molecular weight excluding hydrogens is 204 g/mol. The number of hydrogen-bond acceptors (Lipinski definition) is 3. The van der Waals surface area contributed by atoms with Gasteiger partial charge in [-0.3, -0.25) is 4.79 Å². The molecule has 1 rings (SSSR count). The van der Waals surface area contributed by atoms with E-state index in [9.17, 15) is 4.79 Å². The molecule has 1 aromatic heterocycles. The number of carbonyl (C=O) groups excluding carboxylic acids is 1. The average molecular weight is 224 g/mol. The summed E-state index contributed by atoms with van der Waals surface area (Å²) in [6.45, 7) is 2.44. The van der Waals surface area contributed by atoms with E-state index in [2.05, 4.69) is 10.3 Å². The third-order valence-corrected chi connectivity index (χ3v) is 2.43. The molecular formula is C11H20N4O. The Morgan fingerprint density at radius 3 is 3.00 bits per heavy atom. The van der Waals surface area contributed by atoms with Gasteiger partial charge in [-0.25, -0.2) is 4.98 Å². The Morgan fingerprint density at radius 1 is 1.69 bits per heavy atom. The minimum Gasteiger partial charge on any atom is -0.349 e. The number of hydrogen-bond donors (Lipinski definition) is 2. The van der Waals surface area contributed by atoms with Crippen molar-refractivity contribution in [2.75, 3.05) is 0 Å². The van der Waals surface area contributed by atoms with Gasteiger partial charge in [0.1, 0.15) is 5.82 Å². The second-order valence-electron chi connectivity index (χ2n) is 4.10. The standard InChI is InChI=1S/C11H20N4O/c1-9(12)4-3-5-11(16)14-8-10-13-6-7-15(10)2/h6-7,9H,3-5,8,12H2,1-2H3,(H,14,16). The topological polar surface area (TPSA) is 72.9 Å². The highest BCUT2D eigenvalue weighted by Gasteiger charge is 2.04. The molecule has 1 heterocycles. The maximum absolute atomic E-state index is 11.4. The van der Waals surface area contributed by atoms with Crippen LogP contribution in [0.25, 0.3) is 0 Å². The van der Waals surface area contributed by atoms with Crippen molar-refractivity contribution in [2.24, 2.45) is 12.8 Å². The van der Waals surface area contributed by atoms with Crippen molar-refractivity contribution in [3.8, 4) is 0 Å². The molecule has 1 unspecified atom stereocenters. The van der Waals surface area contributed by atoms with Crippen molar-refractivity contribution in [3.63, 3.8) is 0 Å². The van der Waals surface area contributed by atoms with Crippen LogP contribution in [0.4, 0.5) is 0 Å². The summed E-state index contributed by atoms with van der Waals surface area (Å²) in [6, 6.07) is 0.169. The number of nitrogens with two attached hydrogens (primary N) is 1. The fraction of sp³-hybridized carbons (Fsp3) is 0.636. The number of imidazole rings is 1. The van der Waals surface area contributed by atoms with Gasteiger partial charge >= 0.3 is 0 Å². The van der Waals surface area contributed by atoms with Gasteiger partial charge in [0.2, 0.25) is 5.91 Å². The van der Waals surface area contributed by atoms with Crippen molar-refractivity contribution < 1.29 is 4.79 Å². The van der Waals surface area contributed by atoms with Crippen LogP contribution in [0.3, 0.4) is 0 Å². The highest BCUT2D eigenvalue weighted by molar-refractivity contribution is 5.75. The maximum Gasteiger partial charge on any atom is 0.220 e. The number of amides is 1. The molecule has 0 radical (unpaired) electrons. The van der Waals surface area contributed by atoms with Crippen LogP contribution in [-0.4, -0.2) is 21.5 Å². The maximum atomic E-state index is 11.4. The molecule has 5 nitrogen and oxygen atoms in total. The number of nitrogens with zero attached hydrogens (tertiary/aromatic N) is 2. The lowest BCUT2D eigenvalue weighted by Crippen LogP contribution is -2.24. The van der Waals surface area contributed by atoms with E-state index in [1.807, 2.05) is 24.7 Å². The lowest BCUT2D eigenvalue weighted by atomic mass is 10.1. The van der Waals surface area contributed by atoms with Crippen LogP contribution >= 0.6 is 0 Å². The Bertz CT molecular complexity index is 332. The third-order valence-electron chi connectivity index (χ3n) is 2.43. The van der Waals surface area contributed by atoms with Gasteiger partial charge in [0.15, 0.2) is 0 Å². The average Bonchev–Trinajstić information content (AvgIpc) is 2.60. The summed E-state index contributed by atoms with van der Waals surface area (Å²) in [5.74, 6) is 0.921. The number of carbonyl (C=O) groups is 1. The van der Waals surface area contributed by atoms with E-state index >= 15 is 0 Å². The summed E-state index contributed by atoms with van der Waals surface area (Å²) < 4.78 is 1.89. The fourth-order valence-electron chi connectivity index (χ4n) is 1.42. The van der Waals surface area contributed by atoms with Gasteiger partial charge in [-0.2, -0.15) is 0 Å². The quantitative estimate of drug-likeness (QED) is 0.741. The molecule has 1 aromatic rings. The summed E-state index contributed by atoms with van der Waals surface area (Å²) in [4.78, 5) is 15.6. The van der Waals surface area contributed by atoms with Crippen LogP contribution in [0.2, 0.25) is 0 Å². The lowest BCUT2D eigenvalue weighted by molar-refractivity contribution is -0.121. The van der Waals surface area contributed by atoms with Gasteiger partial charge in [0.05, 0.1) is 6.54 Å². The second-order valence-corrected chi connectivity index (χ2v) is 4.10. The molecule has 5 heteroatoms. The zero-order valence-corrected chi connectivity index (χ0v) is 9.94. The van der Waals surface area contributed by atoms with Gasteiger partial charge in [-0.15, -0.1) is 0 Å². The van der Waals surface area contributed by atoms with Crippen LogP contribution in [0.1, 0.15) is 32.0 Å². The van der Waals surface area contributed by atoms with Gasteiger partial charge in [0.25, 0.3) is 0 Å². The molecule has 16 heavy (non-hydrogen) atoms. The van der Waals surface area contributed by atoms with Crippen LogP contribution in [0.5, 0.6) is 0 Å². The summed E-state index contributed by atoms with van der Waals surface area (Å²) in [5.41, 5.74) is 5.60. The zero-order valence-electron chi connectivity index (χ0n) is 9.94. The first-order valence-corrected chi connectivity index (χ1v) is 5.58. The van der Waals surface area contributed by atoms with E-state index < -0.39 is 0 Å². The van der Waals surface area contributed by atoms with Crippen molar-refractivity contribution in [1.82, 2.24) is 14.9 Å². The van der Waals surface area contributed by atoms with E-state index in [0.29, 0.717) is 13.0 Å². The smallest absolute Gasteiger partial charge is 0.220 e. The van der Waals surface area contributed by atoms with Gasteiger partial charge in [-0.05, 0) is 19.8 Å². The predicted octanol–water partition coefficient (Wildman–Crippen LogP) is 0.554. The highest BCUT2D eigenvalue weighted by atomic mass is 16.1. The van der Waals surface area contributed by atoms with Crippen LogP contribution < -0.4 is 11.1 Å². The third kappa shape index (κ3) is 4.44. The molecule has 90 valence electrons. The first kappa shape index (κ1) is 12.7. The van der Waals surface area contributed by atoms with Gasteiger partial charge < -0.3 is 15.6 Å². The number of aromatic nitrogens is 2. The van der Waals surface area contributed by atoms with E-state index in [1.165, 1.54) is 0 Å². The normalized spacial score (nSPS) is 12.4. The first-order valence-electron chi connectivity index (χ1n) is 5.58. The minimum absolute atomic E-state index is 0.0589. The molecule has 0 saturated heterocycles.